The molecule has 0 aromatic carbocycles. The predicted molar refractivity (Wildman–Crippen MR) is 178 cm³/mol. The summed E-state index contributed by atoms with van der Waals surface area (Å²) in [5.74, 6) is 1.54. The lowest BCUT2D eigenvalue weighted by Crippen LogP contribution is -2.29. The Hall–Kier alpha value is -4.02. The lowest BCUT2D eigenvalue weighted by atomic mass is 9.84. The van der Waals surface area contributed by atoms with Crippen molar-refractivity contribution >= 4 is 18.0 Å². The molecule has 0 saturated carbocycles. The Morgan fingerprint density at radius 1 is 1.37 bits per heavy atom. The van der Waals surface area contributed by atoms with Crippen LogP contribution < -0.4 is 16.1 Å². The maximum Gasteiger partial charge on any atom is 0.207 e. The van der Waals surface area contributed by atoms with Gasteiger partial charge in [0.1, 0.15) is 17.4 Å². The van der Waals surface area contributed by atoms with Gasteiger partial charge in [-0.25, -0.2) is 9.38 Å². The van der Waals surface area contributed by atoms with Crippen molar-refractivity contribution in [1.82, 2.24) is 21.0 Å². The number of rotatable bonds is 15. The number of methoxy groups -OCH3 is 1. The molecule has 1 heterocycles. The first kappa shape index (κ1) is 39.0. The van der Waals surface area contributed by atoms with Gasteiger partial charge in [0.05, 0.1) is 18.9 Å². The number of amides is 1. The molecule has 1 amide bonds. The van der Waals surface area contributed by atoms with Crippen LogP contribution in [0.5, 0.6) is 0 Å². The van der Waals surface area contributed by atoms with Crippen LogP contribution in [0.25, 0.3) is 0 Å². The third kappa shape index (κ3) is 14.6. The van der Waals surface area contributed by atoms with E-state index in [1.807, 2.05) is 25.1 Å². The molecule has 4 atom stereocenters. The predicted octanol–water partition coefficient (Wildman–Crippen LogP) is 4.78. The SMILES string of the molecule is C=C/C(F)=C(/C)C(=C)OC.C=CN=C(/C=C\C(C)C1=NNC2C=CC(C)=CC12)N(C)C=C.CNCC(CO)CCNC=O. The second kappa shape index (κ2) is 22.6. The van der Waals surface area contributed by atoms with Crippen LogP contribution in [-0.4, -0.2) is 74.9 Å². The second-order valence-corrected chi connectivity index (χ2v) is 9.87. The van der Waals surface area contributed by atoms with Crippen LogP contribution in [0, 0.1) is 17.8 Å². The van der Waals surface area contributed by atoms with E-state index < -0.39 is 5.83 Å². The summed E-state index contributed by atoms with van der Waals surface area (Å²) in [5, 5.41) is 18.9. The van der Waals surface area contributed by atoms with Crippen LogP contribution in [0.15, 0.2) is 108 Å². The Morgan fingerprint density at radius 2 is 2.07 bits per heavy atom. The normalized spacial score (nSPS) is 18.8. The van der Waals surface area contributed by atoms with Gasteiger partial charge in [-0.2, -0.15) is 5.10 Å². The van der Waals surface area contributed by atoms with Gasteiger partial charge in [-0.1, -0.05) is 63.1 Å². The molecule has 1 aliphatic carbocycles. The van der Waals surface area contributed by atoms with Crippen molar-refractivity contribution in [2.24, 2.45) is 27.8 Å². The van der Waals surface area contributed by atoms with Gasteiger partial charge in [-0.3, -0.25) is 4.79 Å². The number of carbonyl (C=O) groups is 1. The highest BCUT2D eigenvalue weighted by Gasteiger charge is 2.31. The summed E-state index contributed by atoms with van der Waals surface area (Å²) < 4.78 is 17.3. The first-order chi connectivity index (χ1) is 20.5. The van der Waals surface area contributed by atoms with Crippen molar-refractivity contribution < 1.29 is 19.0 Å². The number of ether oxygens (including phenoxy) is 1. The van der Waals surface area contributed by atoms with Gasteiger partial charge in [-0.15, -0.1) is 0 Å². The molecule has 9 nitrogen and oxygen atoms in total. The van der Waals surface area contributed by atoms with Crippen molar-refractivity contribution in [3.05, 3.63) is 97.9 Å². The molecule has 0 bridgehead atoms. The van der Waals surface area contributed by atoms with Crippen LogP contribution >= 0.6 is 0 Å². The quantitative estimate of drug-likeness (QED) is 0.0539. The lowest BCUT2D eigenvalue weighted by molar-refractivity contribution is -0.109. The van der Waals surface area contributed by atoms with Crippen LogP contribution in [0.1, 0.15) is 27.2 Å². The summed E-state index contributed by atoms with van der Waals surface area (Å²) in [4.78, 5) is 16.0. The summed E-state index contributed by atoms with van der Waals surface area (Å²) in [6, 6.07) is 0.284. The summed E-state index contributed by atoms with van der Waals surface area (Å²) >= 11 is 0. The van der Waals surface area contributed by atoms with Crippen molar-refractivity contribution in [1.29, 1.82) is 0 Å². The van der Waals surface area contributed by atoms with Crippen LogP contribution in [0.2, 0.25) is 0 Å². The number of nitrogens with one attached hydrogen (secondary N) is 3. The van der Waals surface area contributed by atoms with E-state index in [4.69, 9.17) is 9.84 Å². The van der Waals surface area contributed by atoms with Gasteiger partial charge in [0.15, 0.2) is 0 Å². The number of aliphatic imine (C=N–C) groups is 1. The zero-order valence-corrected chi connectivity index (χ0v) is 26.6. The number of aliphatic hydroxyl groups is 1. The van der Waals surface area contributed by atoms with Gasteiger partial charge < -0.3 is 30.8 Å². The third-order valence-corrected chi connectivity index (χ3v) is 6.67. The lowest BCUT2D eigenvalue weighted by Gasteiger charge is -2.20. The Kier molecular flexibility index (Phi) is 20.5. The standard InChI is InChI=1S/C18H24N4.C8H11FO.C7H16N2O2/c1-6-19-17(22(5)7-2)11-9-14(4)18-15-12-13(3)8-10-16(15)20-21-18;1-5-8(9)6(2)7(3)10-4;1-8-4-7(5-10)2-3-9-6-11/h6-12,14-16,20H,1-2H2,3-5H3;5H,1,3H2,2,4H3;6-8,10H,2-5H2,1H3,(H,9,11)/b11-9-,19-17?;8-6+;. The zero-order valence-electron chi connectivity index (χ0n) is 26.6. The van der Waals surface area contributed by atoms with Gasteiger partial charge in [0.2, 0.25) is 6.41 Å². The number of aliphatic hydroxyl groups excluding tert-OH is 1. The second-order valence-electron chi connectivity index (χ2n) is 9.87. The molecule has 4 N–H and O–H groups in total. The topological polar surface area (TPSA) is 111 Å². The zero-order chi connectivity index (χ0) is 32.8. The van der Waals surface area contributed by atoms with Gasteiger partial charge >= 0.3 is 0 Å². The molecule has 4 unspecified atom stereocenters. The molecule has 0 saturated heterocycles. The average Bonchev–Trinajstić information content (AvgIpc) is 3.44. The number of fused-ring (bicyclic) bond motifs is 1. The average molecular weight is 599 g/mol. The summed E-state index contributed by atoms with van der Waals surface area (Å²) in [6.45, 7) is 21.6. The van der Waals surface area contributed by atoms with Crippen molar-refractivity contribution in [2.45, 2.75) is 33.2 Å². The fourth-order valence-corrected chi connectivity index (χ4v) is 3.94. The molecular formula is C33H51FN6O3. The molecule has 0 spiro atoms. The van der Waals surface area contributed by atoms with Gasteiger partial charge in [-0.05, 0) is 58.1 Å². The van der Waals surface area contributed by atoms with E-state index in [9.17, 15) is 9.18 Å². The highest BCUT2D eigenvalue weighted by atomic mass is 19.1. The van der Waals surface area contributed by atoms with Gasteiger partial charge in [0.25, 0.3) is 0 Å². The number of likely N-dealkylation sites (N-methyl/N-ethyl adjacent to an activating group) is 1. The molecule has 2 rings (SSSR count). The van der Waals surface area contributed by atoms with E-state index in [1.165, 1.54) is 18.9 Å². The number of nitrogens with zero attached hydrogens (tertiary/aromatic N) is 3. The molecule has 0 radical (unpaired) electrons. The van der Waals surface area contributed by atoms with Crippen LogP contribution in [0.4, 0.5) is 4.39 Å². The van der Waals surface area contributed by atoms with Gasteiger partial charge in [0, 0.05) is 43.8 Å². The first-order valence-corrected chi connectivity index (χ1v) is 14.1. The maximum absolute atomic E-state index is 12.6. The highest BCUT2D eigenvalue weighted by Crippen LogP contribution is 2.26. The molecule has 0 aromatic rings. The van der Waals surface area contributed by atoms with E-state index in [-0.39, 0.29) is 24.5 Å². The van der Waals surface area contributed by atoms with Crippen LogP contribution in [-0.2, 0) is 9.53 Å². The molecule has 43 heavy (non-hydrogen) atoms. The minimum Gasteiger partial charge on any atom is -0.497 e. The molecule has 0 fully saturated rings. The molecule has 238 valence electrons. The van der Waals surface area contributed by atoms with E-state index >= 15 is 0 Å². The fourth-order valence-electron chi connectivity index (χ4n) is 3.94. The van der Waals surface area contributed by atoms with E-state index in [1.54, 1.807) is 13.1 Å². The third-order valence-electron chi connectivity index (χ3n) is 6.67. The van der Waals surface area contributed by atoms with E-state index in [2.05, 4.69) is 90.6 Å². The van der Waals surface area contributed by atoms with E-state index in [0.717, 1.165) is 30.6 Å². The highest BCUT2D eigenvalue weighted by molar-refractivity contribution is 5.97. The number of allylic oxidation sites excluding steroid dienone is 6. The molecule has 10 heteroatoms. The number of hydrogen-bond acceptors (Lipinski definition) is 7. The molecule has 2 aliphatic rings. The monoisotopic (exact) mass is 598 g/mol. The first-order valence-electron chi connectivity index (χ1n) is 14.1. The Bertz CT molecular complexity index is 1110. The number of amidine groups is 1. The Labute approximate surface area is 257 Å². The summed E-state index contributed by atoms with van der Waals surface area (Å²) in [6.07, 6.45) is 16.6. The number of hydrogen-bond donors (Lipinski definition) is 4. The summed E-state index contributed by atoms with van der Waals surface area (Å²) in [7, 11) is 5.20. The molecular weight excluding hydrogens is 547 g/mol. The molecule has 1 aliphatic heterocycles. The minimum atomic E-state index is -0.396. The Morgan fingerprint density at radius 3 is 2.60 bits per heavy atom. The van der Waals surface area contributed by atoms with E-state index in [0.29, 0.717) is 30.2 Å². The minimum absolute atomic E-state index is 0.168. The fraction of sp³-hybridized carbons (Fsp3) is 0.424. The maximum atomic E-state index is 12.6. The van der Waals surface area contributed by atoms with Crippen LogP contribution in [0.3, 0.4) is 0 Å². The number of carbonyl (C=O) groups excluding carboxylic acids is 1. The van der Waals surface area contributed by atoms with Crippen molar-refractivity contribution in [2.75, 3.05) is 40.9 Å². The Balaban J connectivity index is 0.000000706. The smallest absolute Gasteiger partial charge is 0.207 e. The number of hydrazone groups is 1. The van der Waals surface area contributed by atoms with Crippen molar-refractivity contribution in [3.63, 3.8) is 0 Å². The molecule has 0 aromatic heterocycles. The van der Waals surface area contributed by atoms with Crippen molar-refractivity contribution in [3.8, 4) is 0 Å². The summed E-state index contributed by atoms with van der Waals surface area (Å²) in [5.41, 5.74) is 6.04. The largest absolute Gasteiger partial charge is 0.497 e. The number of halogens is 1.